The molecule has 2 aromatic rings. The molecule has 0 aromatic heterocycles. The molecule has 0 aliphatic rings. The summed E-state index contributed by atoms with van der Waals surface area (Å²) in [5, 5.41) is 11.6. The molecule has 0 heterocycles. The Morgan fingerprint density at radius 3 is 2.73 bits per heavy atom. The lowest BCUT2D eigenvalue weighted by Gasteiger charge is -2.09. The van der Waals surface area contributed by atoms with Gasteiger partial charge in [-0.1, -0.05) is 12.1 Å². The lowest BCUT2D eigenvalue weighted by molar-refractivity contribution is -0.116. The van der Waals surface area contributed by atoms with Crippen LogP contribution in [0.4, 0.5) is 5.69 Å². The van der Waals surface area contributed by atoms with Crippen LogP contribution in [0.15, 0.2) is 42.5 Å². The minimum atomic E-state index is -0.140. The minimum absolute atomic E-state index is 0.140. The number of nitrogens with one attached hydrogen (secondary N) is 1. The Labute approximate surface area is 130 Å². The summed E-state index contributed by atoms with van der Waals surface area (Å²) in [6.07, 6.45) is 0.254. The summed E-state index contributed by atoms with van der Waals surface area (Å²) >= 11 is 0. The van der Waals surface area contributed by atoms with Crippen LogP contribution >= 0.6 is 0 Å². The topological polar surface area (TPSA) is 62.1 Å². The van der Waals surface area contributed by atoms with Crippen molar-refractivity contribution >= 4 is 11.6 Å². The molecule has 0 saturated carbocycles. The number of carbonyl (C=O) groups is 1. The van der Waals surface area contributed by atoms with E-state index in [-0.39, 0.29) is 12.3 Å². The molecule has 4 nitrogen and oxygen atoms in total. The van der Waals surface area contributed by atoms with Gasteiger partial charge in [-0.15, -0.1) is 0 Å². The molecule has 0 atom stereocenters. The maximum absolute atomic E-state index is 11.8. The number of carbonyl (C=O) groups excluding carboxylic acids is 1. The predicted molar refractivity (Wildman–Crippen MR) is 85.8 cm³/mol. The Morgan fingerprint density at radius 2 is 2.00 bits per heavy atom. The number of nitriles is 1. The van der Waals surface area contributed by atoms with Crippen LogP contribution in [0.5, 0.6) is 5.75 Å². The Bertz CT molecular complexity index is 717. The largest absolute Gasteiger partial charge is 0.493 e. The molecule has 112 valence electrons. The summed E-state index contributed by atoms with van der Waals surface area (Å²) < 4.78 is 5.58. The molecule has 0 unspecified atom stereocenters. The Morgan fingerprint density at radius 1 is 1.18 bits per heavy atom. The average molecular weight is 294 g/mol. The maximum Gasteiger partial charge on any atom is 0.227 e. The zero-order valence-electron chi connectivity index (χ0n) is 12.7. The Hall–Kier alpha value is -2.80. The molecule has 0 aliphatic heterocycles. The minimum Gasteiger partial charge on any atom is -0.493 e. The molecular weight excluding hydrogens is 276 g/mol. The lowest BCUT2D eigenvalue weighted by atomic mass is 10.1. The number of aryl methyl sites for hydroxylation is 2. The van der Waals surface area contributed by atoms with Gasteiger partial charge in [-0.05, 0) is 55.3 Å². The van der Waals surface area contributed by atoms with Crippen molar-refractivity contribution in [2.75, 3.05) is 11.9 Å². The number of nitrogens with zero attached hydrogens (tertiary/aromatic N) is 1. The highest BCUT2D eigenvalue weighted by molar-refractivity contribution is 5.90. The molecule has 0 bridgehead atoms. The molecule has 0 radical (unpaired) electrons. The molecule has 0 fully saturated rings. The summed E-state index contributed by atoms with van der Waals surface area (Å²) in [4.78, 5) is 11.8. The van der Waals surface area contributed by atoms with E-state index in [1.54, 1.807) is 24.3 Å². The zero-order valence-corrected chi connectivity index (χ0v) is 12.7. The van der Waals surface area contributed by atoms with E-state index in [0.717, 1.165) is 11.3 Å². The highest BCUT2D eigenvalue weighted by atomic mass is 16.5. The predicted octanol–water partition coefficient (Wildman–Crippen LogP) is 3.58. The highest BCUT2D eigenvalue weighted by Crippen LogP contribution is 2.16. The van der Waals surface area contributed by atoms with Crippen LogP contribution in [-0.2, 0) is 4.79 Å². The molecule has 2 aromatic carbocycles. The number of amides is 1. The first-order valence-electron chi connectivity index (χ1n) is 7.08. The van der Waals surface area contributed by atoms with E-state index < -0.39 is 0 Å². The first-order chi connectivity index (χ1) is 10.6. The summed E-state index contributed by atoms with van der Waals surface area (Å²) in [7, 11) is 0. The summed E-state index contributed by atoms with van der Waals surface area (Å²) in [6.45, 7) is 4.38. The van der Waals surface area contributed by atoms with Gasteiger partial charge >= 0.3 is 0 Å². The van der Waals surface area contributed by atoms with Crippen LogP contribution < -0.4 is 10.1 Å². The number of benzene rings is 2. The molecule has 2 rings (SSSR count). The van der Waals surface area contributed by atoms with Gasteiger partial charge in [0.15, 0.2) is 0 Å². The van der Waals surface area contributed by atoms with Crippen LogP contribution in [0, 0.1) is 25.2 Å². The fraction of sp³-hybridized carbons (Fsp3) is 0.222. The van der Waals surface area contributed by atoms with E-state index in [1.807, 2.05) is 38.1 Å². The van der Waals surface area contributed by atoms with Crippen molar-refractivity contribution in [2.24, 2.45) is 0 Å². The van der Waals surface area contributed by atoms with Crippen molar-refractivity contribution in [3.8, 4) is 11.8 Å². The average Bonchev–Trinajstić information content (AvgIpc) is 2.51. The molecule has 0 saturated heterocycles. The van der Waals surface area contributed by atoms with E-state index in [9.17, 15) is 4.79 Å². The smallest absolute Gasteiger partial charge is 0.227 e. The van der Waals surface area contributed by atoms with Gasteiger partial charge in [0.1, 0.15) is 5.75 Å². The standard InChI is InChI=1S/C18H18N2O2/c1-13-6-7-17(10-14(13)2)22-9-8-18(21)20-16-5-3-4-15(11-16)12-19/h3-7,10-11H,8-9H2,1-2H3,(H,20,21). The Balaban J connectivity index is 1.82. The molecule has 1 amide bonds. The van der Waals surface area contributed by atoms with Crippen molar-refractivity contribution in [1.82, 2.24) is 0 Å². The van der Waals surface area contributed by atoms with Gasteiger partial charge in [-0.2, -0.15) is 5.26 Å². The third-order valence-electron chi connectivity index (χ3n) is 3.35. The van der Waals surface area contributed by atoms with E-state index in [2.05, 4.69) is 5.32 Å². The first kappa shape index (κ1) is 15.6. The van der Waals surface area contributed by atoms with Crippen molar-refractivity contribution < 1.29 is 9.53 Å². The third-order valence-corrected chi connectivity index (χ3v) is 3.35. The number of ether oxygens (including phenoxy) is 1. The van der Waals surface area contributed by atoms with E-state index in [0.29, 0.717) is 17.9 Å². The van der Waals surface area contributed by atoms with Crippen molar-refractivity contribution in [3.05, 3.63) is 59.2 Å². The van der Waals surface area contributed by atoms with Gasteiger partial charge in [0, 0.05) is 5.69 Å². The number of rotatable bonds is 5. The van der Waals surface area contributed by atoms with E-state index in [1.165, 1.54) is 5.56 Å². The summed E-state index contributed by atoms with van der Waals surface area (Å²) in [5.74, 6) is 0.626. The molecule has 22 heavy (non-hydrogen) atoms. The second-order valence-corrected chi connectivity index (χ2v) is 5.09. The van der Waals surface area contributed by atoms with Crippen LogP contribution in [0.1, 0.15) is 23.1 Å². The lowest BCUT2D eigenvalue weighted by Crippen LogP contribution is -2.15. The monoisotopic (exact) mass is 294 g/mol. The van der Waals surface area contributed by atoms with Gasteiger partial charge in [0.05, 0.1) is 24.7 Å². The van der Waals surface area contributed by atoms with Gasteiger partial charge in [0.2, 0.25) is 5.91 Å². The maximum atomic E-state index is 11.8. The van der Waals surface area contributed by atoms with Gasteiger partial charge in [0.25, 0.3) is 0 Å². The number of anilines is 1. The van der Waals surface area contributed by atoms with Gasteiger partial charge < -0.3 is 10.1 Å². The van der Waals surface area contributed by atoms with Crippen LogP contribution in [0.2, 0.25) is 0 Å². The van der Waals surface area contributed by atoms with Crippen LogP contribution in [0.25, 0.3) is 0 Å². The molecular formula is C18H18N2O2. The van der Waals surface area contributed by atoms with Gasteiger partial charge in [-0.25, -0.2) is 0 Å². The molecule has 0 aliphatic carbocycles. The SMILES string of the molecule is Cc1ccc(OCCC(=O)Nc2cccc(C#N)c2)cc1C. The quantitative estimate of drug-likeness (QED) is 0.916. The van der Waals surface area contributed by atoms with Crippen molar-refractivity contribution in [2.45, 2.75) is 20.3 Å². The second-order valence-electron chi connectivity index (χ2n) is 5.09. The van der Waals surface area contributed by atoms with E-state index in [4.69, 9.17) is 10.00 Å². The van der Waals surface area contributed by atoms with Crippen molar-refractivity contribution in [1.29, 1.82) is 5.26 Å². The van der Waals surface area contributed by atoms with Gasteiger partial charge in [-0.3, -0.25) is 4.79 Å². The summed E-state index contributed by atoms with van der Waals surface area (Å²) in [5.41, 5.74) is 3.51. The van der Waals surface area contributed by atoms with E-state index >= 15 is 0 Å². The normalized spacial score (nSPS) is 9.86. The molecule has 1 N–H and O–H groups in total. The zero-order chi connectivity index (χ0) is 15.9. The van der Waals surface area contributed by atoms with Crippen molar-refractivity contribution in [3.63, 3.8) is 0 Å². The van der Waals surface area contributed by atoms with Crippen LogP contribution in [-0.4, -0.2) is 12.5 Å². The second kappa shape index (κ2) is 7.28. The first-order valence-corrected chi connectivity index (χ1v) is 7.08. The number of hydrogen-bond acceptors (Lipinski definition) is 3. The summed E-state index contributed by atoms with van der Waals surface area (Å²) in [6, 6.07) is 14.7. The molecule has 0 spiro atoms. The molecule has 4 heteroatoms. The fourth-order valence-corrected chi connectivity index (χ4v) is 1.96. The van der Waals surface area contributed by atoms with Crippen LogP contribution in [0.3, 0.4) is 0 Å². The number of hydrogen-bond donors (Lipinski definition) is 1. The highest BCUT2D eigenvalue weighted by Gasteiger charge is 2.04. The fourth-order valence-electron chi connectivity index (χ4n) is 1.96. The Kier molecular flexibility index (Phi) is 5.16. The third kappa shape index (κ3) is 4.35.